The molecule has 5 heteroatoms. The Bertz CT molecular complexity index is 744. The van der Waals surface area contributed by atoms with Crippen molar-refractivity contribution in [3.63, 3.8) is 0 Å². The van der Waals surface area contributed by atoms with Crippen LogP contribution in [0.2, 0.25) is 0 Å². The molecule has 1 heterocycles. The lowest BCUT2D eigenvalue weighted by molar-refractivity contribution is -0.133. The third-order valence-electron chi connectivity index (χ3n) is 3.56. The Kier molecular flexibility index (Phi) is 3.39. The van der Waals surface area contributed by atoms with Gasteiger partial charge in [-0.25, -0.2) is 0 Å². The van der Waals surface area contributed by atoms with E-state index in [-0.39, 0.29) is 12.2 Å². The summed E-state index contributed by atoms with van der Waals surface area (Å²) in [5.41, 5.74) is -0.365. The van der Waals surface area contributed by atoms with E-state index >= 15 is 0 Å². The SMILES string of the molecule is O=C(C[C@]1(O)C(=O)Nc2ccccc21)c1cccc(Br)c1. The van der Waals surface area contributed by atoms with Crippen LogP contribution in [0, 0.1) is 0 Å². The van der Waals surface area contributed by atoms with E-state index in [1.807, 2.05) is 6.07 Å². The van der Waals surface area contributed by atoms with Gasteiger partial charge in [0.15, 0.2) is 11.4 Å². The van der Waals surface area contributed by atoms with Crippen molar-refractivity contribution in [1.29, 1.82) is 0 Å². The Labute approximate surface area is 129 Å². The van der Waals surface area contributed by atoms with Gasteiger partial charge in [0.25, 0.3) is 5.91 Å². The van der Waals surface area contributed by atoms with Gasteiger partial charge in [0.05, 0.1) is 6.42 Å². The maximum Gasteiger partial charge on any atom is 0.261 e. The van der Waals surface area contributed by atoms with Crippen LogP contribution >= 0.6 is 15.9 Å². The number of hydrogen-bond acceptors (Lipinski definition) is 3. The van der Waals surface area contributed by atoms with Gasteiger partial charge in [0.1, 0.15) is 0 Å². The molecule has 1 atom stereocenters. The number of amides is 1. The molecule has 0 spiro atoms. The molecule has 1 aliphatic heterocycles. The lowest BCUT2D eigenvalue weighted by atomic mass is 9.88. The van der Waals surface area contributed by atoms with E-state index in [0.29, 0.717) is 16.8 Å². The first-order chi connectivity index (χ1) is 10.0. The molecule has 3 rings (SSSR count). The van der Waals surface area contributed by atoms with Crippen LogP contribution in [0.4, 0.5) is 5.69 Å². The highest BCUT2D eigenvalue weighted by Crippen LogP contribution is 2.38. The Morgan fingerprint density at radius 3 is 2.71 bits per heavy atom. The molecule has 4 nitrogen and oxygen atoms in total. The summed E-state index contributed by atoms with van der Waals surface area (Å²) in [6, 6.07) is 13.7. The number of carbonyl (C=O) groups is 2. The average Bonchev–Trinajstić information content (AvgIpc) is 2.71. The van der Waals surface area contributed by atoms with E-state index in [9.17, 15) is 14.7 Å². The van der Waals surface area contributed by atoms with Crippen molar-refractivity contribution >= 4 is 33.3 Å². The quantitative estimate of drug-likeness (QED) is 0.840. The van der Waals surface area contributed by atoms with Gasteiger partial charge in [-0.3, -0.25) is 9.59 Å². The molecule has 0 bridgehead atoms. The zero-order valence-corrected chi connectivity index (χ0v) is 12.6. The number of nitrogens with one attached hydrogen (secondary N) is 1. The third kappa shape index (κ3) is 2.39. The highest BCUT2D eigenvalue weighted by Gasteiger charge is 2.46. The van der Waals surface area contributed by atoms with Crippen LogP contribution in [0.25, 0.3) is 0 Å². The normalized spacial score (nSPS) is 20.0. The molecule has 2 N–H and O–H groups in total. The molecule has 0 saturated heterocycles. The second-order valence-electron chi connectivity index (χ2n) is 4.97. The van der Waals surface area contributed by atoms with Crippen LogP contribution in [-0.4, -0.2) is 16.8 Å². The van der Waals surface area contributed by atoms with Crippen LogP contribution in [0.15, 0.2) is 53.0 Å². The van der Waals surface area contributed by atoms with E-state index in [0.717, 1.165) is 4.47 Å². The minimum atomic E-state index is -1.81. The molecule has 106 valence electrons. The fraction of sp³-hybridized carbons (Fsp3) is 0.125. The fourth-order valence-electron chi connectivity index (χ4n) is 2.47. The molecule has 0 radical (unpaired) electrons. The average molecular weight is 346 g/mol. The van der Waals surface area contributed by atoms with E-state index in [1.54, 1.807) is 42.5 Å². The van der Waals surface area contributed by atoms with E-state index < -0.39 is 11.5 Å². The van der Waals surface area contributed by atoms with Gasteiger partial charge < -0.3 is 10.4 Å². The molecule has 0 aromatic heterocycles. The van der Waals surface area contributed by atoms with Crippen LogP contribution in [-0.2, 0) is 10.4 Å². The molecule has 0 saturated carbocycles. The first-order valence-electron chi connectivity index (χ1n) is 6.43. The number of fused-ring (bicyclic) bond motifs is 1. The predicted molar refractivity (Wildman–Crippen MR) is 82.1 cm³/mol. The first-order valence-corrected chi connectivity index (χ1v) is 7.22. The van der Waals surface area contributed by atoms with E-state index in [4.69, 9.17) is 0 Å². The smallest absolute Gasteiger partial charge is 0.261 e. The Morgan fingerprint density at radius 2 is 1.95 bits per heavy atom. The third-order valence-corrected chi connectivity index (χ3v) is 4.05. The largest absolute Gasteiger partial charge is 0.375 e. The zero-order chi connectivity index (χ0) is 15.0. The van der Waals surface area contributed by atoms with Crippen LogP contribution < -0.4 is 5.32 Å². The van der Waals surface area contributed by atoms with Crippen molar-refractivity contribution in [2.24, 2.45) is 0 Å². The Morgan fingerprint density at radius 1 is 1.19 bits per heavy atom. The van der Waals surface area contributed by atoms with E-state index in [2.05, 4.69) is 21.2 Å². The molecule has 1 amide bonds. The molecule has 0 unspecified atom stereocenters. The van der Waals surface area contributed by atoms with Crippen LogP contribution in [0.5, 0.6) is 0 Å². The number of ketones is 1. The topological polar surface area (TPSA) is 66.4 Å². The highest BCUT2D eigenvalue weighted by atomic mass is 79.9. The van der Waals surface area contributed by atoms with Crippen molar-refractivity contribution in [2.45, 2.75) is 12.0 Å². The number of rotatable bonds is 3. The number of anilines is 1. The van der Waals surface area contributed by atoms with Gasteiger partial charge in [0, 0.05) is 21.3 Å². The number of Topliss-reactive ketones (excluding diaryl/α,β-unsaturated/α-hetero) is 1. The standard InChI is InChI=1S/C16H12BrNO3/c17-11-5-3-4-10(8-11)14(19)9-16(21)12-6-1-2-7-13(12)18-15(16)20/h1-8,21H,9H2,(H,18,20)/t16-/m1/s1. The number of halogens is 1. The minimum absolute atomic E-state index is 0.285. The summed E-state index contributed by atoms with van der Waals surface area (Å²) >= 11 is 3.30. The second kappa shape index (κ2) is 5.09. The zero-order valence-electron chi connectivity index (χ0n) is 11.0. The van der Waals surface area contributed by atoms with Crippen LogP contribution in [0.3, 0.4) is 0 Å². The molecular weight excluding hydrogens is 334 g/mol. The molecular formula is C16H12BrNO3. The molecule has 0 aliphatic carbocycles. The maximum atomic E-state index is 12.4. The summed E-state index contributed by atoms with van der Waals surface area (Å²) in [5, 5.41) is 13.3. The number of para-hydroxylation sites is 1. The number of hydrogen-bond donors (Lipinski definition) is 2. The van der Waals surface area contributed by atoms with Crippen molar-refractivity contribution in [3.8, 4) is 0 Å². The summed E-state index contributed by atoms with van der Waals surface area (Å²) in [4.78, 5) is 24.4. The number of carbonyl (C=O) groups excluding carboxylic acids is 2. The predicted octanol–water partition coefficient (Wildman–Crippen LogP) is 2.86. The Balaban J connectivity index is 1.94. The summed E-state index contributed by atoms with van der Waals surface area (Å²) in [5.74, 6) is -0.849. The monoisotopic (exact) mass is 345 g/mol. The van der Waals surface area contributed by atoms with Crippen LogP contribution in [0.1, 0.15) is 22.3 Å². The molecule has 21 heavy (non-hydrogen) atoms. The van der Waals surface area contributed by atoms with E-state index in [1.165, 1.54) is 0 Å². The molecule has 0 fully saturated rings. The van der Waals surface area contributed by atoms with Gasteiger partial charge in [0.2, 0.25) is 0 Å². The summed E-state index contributed by atoms with van der Waals surface area (Å²) < 4.78 is 0.775. The summed E-state index contributed by atoms with van der Waals surface area (Å²) in [6.45, 7) is 0. The maximum absolute atomic E-state index is 12.4. The summed E-state index contributed by atoms with van der Waals surface area (Å²) in [7, 11) is 0. The molecule has 1 aliphatic rings. The second-order valence-corrected chi connectivity index (χ2v) is 5.89. The fourth-order valence-corrected chi connectivity index (χ4v) is 2.87. The van der Waals surface area contributed by atoms with Gasteiger partial charge in [-0.05, 0) is 18.2 Å². The minimum Gasteiger partial charge on any atom is -0.375 e. The molecule has 2 aromatic rings. The number of aliphatic hydroxyl groups is 1. The van der Waals surface area contributed by atoms with Crippen molar-refractivity contribution < 1.29 is 14.7 Å². The van der Waals surface area contributed by atoms with Crippen molar-refractivity contribution in [2.75, 3.05) is 5.32 Å². The Hall–Kier alpha value is -1.98. The summed E-state index contributed by atoms with van der Waals surface area (Å²) in [6.07, 6.45) is -0.285. The molecule has 2 aromatic carbocycles. The highest BCUT2D eigenvalue weighted by molar-refractivity contribution is 9.10. The number of benzene rings is 2. The van der Waals surface area contributed by atoms with Gasteiger partial charge >= 0.3 is 0 Å². The lowest BCUT2D eigenvalue weighted by Gasteiger charge is -2.20. The van der Waals surface area contributed by atoms with Crippen molar-refractivity contribution in [3.05, 3.63) is 64.1 Å². The van der Waals surface area contributed by atoms with Gasteiger partial charge in [-0.15, -0.1) is 0 Å². The lowest BCUT2D eigenvalue weighted by Crippen LogP contribution is -2.36. The van der Waals surface area contributed by atoms with Crippen molar-refractivity contribution in [1.82, 2.24) is 0 Å². The van der Waals surface area contributed by atoms with Gasteiger partial charge in [-0.1, -0.05) is 46.3 Å². The van der Waals surface area contributed by atoms with Gasteiger partial charge in [-0.2, -0.15) is 0 Å². The first kappa shape index (κ1) is 14.0.